The van der Waals surface area contributed by atoms with Crippen molar-refractivity contribution in [3.05, 3.63) is 143 Å². The molecule has 0 bridgehead atoms. The zero-order valence-electron chi connectivity index (χ0n) is 31.6. The van der Waals surface area contributed by atoms with Gasteiger partial charge in [0.25, 0.3) is 21.8 Å². The number of carbonyl (C=O) groups is 2. The smallest absolute Gasteiger partial charge is 0.283 e. The summed E-state index contributed by atoms with van der Waals surface area (Å²) in [5.74, 6) is 0.489. The minimum absolute atomic E-state index is 0.0561. The normalized spacial score (nSPS) is 13.2. The van der Waals surface area contributed by atoms with Gasteiger partial charge in [-0.15, -0.1) is 0 Å². The fraction of sp³-hybridized carbons (Fsp3) is 0.238. The average molecular weight is 789 g/mol. The number of fused-ring (bicyclic) bond motifs is 2. The quantitative estimate of drug-likeness (QED) is 0.0949. The summed E-state index contributed by atoms with van der Waals surface area (Å²) in [6.45, 7) is 2.15. The number of amides is 2. The molecule has 1 atom stereocenters. The van der Waals surface area contributed by atoms with Crippen molar-refractivity contribution in [3.63, 3.8) is 0 Å². The minimum atomic E-state index is -4.37. The molecule has 0 spiro atoms. The van der Waals surface area contributed by atoms with Gasteiger partial charge >= 0.3 is 0 Å². The van der Waals surface area contributed by atoms with Crippen molar-refractivity contribution in [2.24, 2.45) is 5.92 Å². The van der Waals surface area contributed by atoms with Gasteiger partial charge in [0.15, 0.2) is 5.82 Å². The molecule has 6 aromatic rings. The third kappa shape index (κ3) is 9.40. The number of benzene rings is 3. The van der Waals surface area contributed by atoms with Gasteiger partial charge in [-0.05, 0) is 117 Å². The van der Waals surface area contributed by atoms with Crippen LogP contribution >= 0.6 is 0 Å². The van der Waals surface area contributed by atoms with Crippen LogP contribution in [0.3, 0.4) is 0 Å². The molecule has 0 unspecified atom stereocenters. The van der Waals surface area contributed by atoms with Crippen molar-refractivity contribution in [2.75, 3.05) is 49.5 Å². The van der Waals surface area contributed by atoms with E-state index in [1.54, 1.807) is 30.5 Å². The fourth-order valence-corrected chi connectivity index (χ4v) is 7.85. The number of carbonyl (C=O) groups excluding carboxylic acids is 2. The molecule has 4 heterocycles. The molecule has 294 valence electrons. The Balaban J connectivity index is 1.03. The lowest BCUT2D eigenvalue weighted by Gasteiger charge is -2.31. The van der Waals surface area contributed by atoms with E-state index >= 15 is 0 Å². The van der Waals surface area contributed by atoms with Gasteiger partial charge < -0.3 is 24.3 Å². The molecule has 57 heavy (non-hydrogen) atoms. The highest BCUT2D eigenvalue weighted by molar-refractivity contribution is 7.90. The van der Waals surface area contributed by atoms with Crippen LogP contribution in [0.2, 0.25) is 0 Å². The van der Waals surface area contributed by atoms with E-state index in [2.05, 4.69) is 30.4 Å². The monoisotopic (exact) mass is 788 g/mol. The van der Waals surface area contributed by atoms with E-state index in [1.807, 2.05) is 90.3 Å². The largest absolute Gasteiger partial charge is 0.493 e. The van der Waals surface area contributed by atoms with Crippen molar-refractivity contribution < 1.29 is 28.0 Å². The van der Waals surface area contributed by atoms with Gasteiger partial charge in [-0.25, -0.2) is 23.1 Å². The molecule has 0 aliphatic carbocycles. The Hall–Kier alpha value is -6.29. The van der Waals surface area contributed by atoms with Crippen LogP contribution in [0.5, 0.6) is 5.75 Å². The molecule has 0 saturated carbocycles. The second kappa shape index (κ2) is 17.2. The number of nitrogens with zero attached hydrogens (tertiary/aromatic N) is 5. The van der Waals surface area contributed by atoms with E-state index < -0.39 is 15.9 Å². The van der Waals surface area contributed by atoms with Crippen LogP contribution in [0.4, 0.5) is 17.3 Å². The fourth-order valence-electron chi connectivity index (χ4n) is 6.86. The van der Waals surface area contributed by atoms with Gasteiger partial charge in [-0.3, -0.25) is 20.3 Å². The van der Waals surface area contributed by atoms with Gasteiger partial charge in [0, 0.05) is 24.8 Å². The first-order chi connectivity index (χ1) is 27.6. The average Bonchev–Trinajstić information content (AvgIpc) is 3.64. The Labute approximate surface area is 331 Å². The Morgan fingerprint density at radius 1 is 0.930 bits per heavy atom. The molecule has 0 saturated heterocycles. The maximum Gasteiger partial charge on any atom is 0.283 e. The Morgan fingerprint density at radius 2 is 1.74 bits per heavy atom. The number of rotatable bonds is 15. The Morgan fingerprint density at radius 3 is 2.53 bits per heavy atom. The third-order valence-electron chi connectivity index (χ3n) is 9.88. The van der Waals surface area contributed by atoms with Crippen LogP contribution in [0.15, 0.2) is 120 Å². The first-order valence-corrected chi connectivity index (χ1v) is 20.1. The molecule has 2 amide bonds. The Kier molecular flexibility index (Phi) is 11.8. The summed E-state index contributed by atoms with van der Waals surface area (Å²) in [6.07, 6.45) is 5.54. The van der Waals surface area contributed by atoms with Gasteiger partial charge in [-0.2, -0.15) is 0 Å². The standard InChI is InChI=1S/C42H44N8O6S/c1-48(2)22-19-29(28-56-32-11-4-3-5-12-32)24-31-17-18-33(25-37(31)46-53)57(54,55)47-42(52)36-14-9-16-39(43-36)50-23-20-30-10-8-13-34(35(30)26-50)41(51)45-38-27-49-21-7-6-15-40(49)44-38/h3-18,21,25,27,29,46,53H,19-20,22-24,26,28H2,1-2H3,(H,45,51)(H,47,52)/t29-/m0/s1. The Bertz CT molecular complexity index is 2460. The molecule has 4 N–H and O–H groups in total. The highest BCUT2D eigenvalue weighted by Gasteiger charge is 2.26. The number of para-hydroxylation sites is 1. The number of aromatic nitrogens is 3. The predicted octanol–water partition coefficient (Wildman–Crippen LogP) is 5.65. The van der Waals surface area contributed by atoms with Gasteiger partial charge in [0.2, 0.25) is 0 Å². The van der Waals surface area contributed by atoms with Crippen LogP contribution in [-0.2, 0) is 29.4 Å². The molecule has 14 nitrogen and oxygen atoms in total. The number of nitrogens with one attached hydrogen (secondary N) is 3. The molecule has 7 rings (SSSR count). The number of ether oxygens (including phenoxy) is 1. The summed E-state index contributed by atoms with van der Waals surface area (Å²) in [5.41, 5.74) is 6.01. The van der Waals surface area contributed by atoms with E-state index in [0.717, 1.165) is 29.8 Å². The number of anilines is 3. The number of hydrogen-bond donors (Lipinski definition) is 4. The lowest BCUT2D eigenvalue weighted by atomic mass is 9.94. The SMILES string of the molecule is CN(C)CC[C@H](COc1ccccc1)Cc1ccc(S(=O)(=O)NC(=O)c2cccc(N3CCc4cccc(C(=O)Nc5cn6ccccc6n5)c4C3)n2)cc1NO. The summed E-state index contributed by atoms with van der Waals surface area (Å²) in [7, 11) is -0.383. The van der Waals surface area contributed by atoms with Crippen molar-refractivity contribution in [2.45, 2.75) is 30.7 Å². The molecule has 3 aromatic heterocycles. The van der Waals surface area contributed by atoms with E-state index in [4.69, 9.17) is 4.74 Å². The summed E-state index contributed by atoms with van der Waals surface area (Å²) < 4.78 is 37.0. The highest BCUT2D eigenvalue weighted by Crippen LogP contribution is 2.28. The highest BCUT2D eigenvalue weighted by atomic mass is 32.2. The van der Waals surface area contributed by atoms with Crippen LogP contribution < -0.4 is 25.2 Å². The van der Waals surface area contributed by atoms with Gasteiger partial charge in [-0.1, -0.05) is 48.5 Å². The van der Waals surface area contributed by atoms with Crippen LogP contribution in [0, 0.1) is 5.92 Å². The molecular weight excluding hydrogens is 745 g/mol. The lowest BCUT2D eigenvalue weighted by molar-refractivity contribution is 0.0975. The molecule has 1 aliphatic heterocycles. The first kappa shape index (κ1) is 39.0. The zero-order chi connectivity index (χ0) is 39.9. The second-order valence-electron chi connectivity index (χ2n) is 14.2. The lowest BCUT2D eigenvalue weighted by Crippen LogP contribution is -2.34. The number of hydrogen-bond acceptors (Lipinski definition) is 11. The van der Waals surface area contributed by atoms with Gasteiger partial charge in [0.1, 0.15) is 22.9 Å². The van der Waals surface area contributed by atoms with E-state index in [0.29, 0.717) is 60.9 Å². The van der Waals surface area contributed by atoms with Crippen LogP contribution in [0.1, 0.15) is 44.0 Å². The molecule has 1 aliphatic rings. The zero-order valence-corrected chi connectivity index (χ0v) is 32.4. The second-order valence-corrected chi connectivity index (χ2v) is 15.9. The molecule has 0 fully saturated rings. The molecule has 0 radical (unpaired) electrons. The minimum Gasteiger partial charge on any atom is -0.493 e. The van der Waals surface area contributed by atoms with Crippen LogP contribution in [0.25, 0.3) is 5.65 Å². The summed E-state index contributed by atoms with van der Waals surface area (Å²) in [4.78, 5) is 39.8. The number of imidazole rings is 1. The molecule has 3 aromatic carbocycles. The third-order valence-corrected chi connectivity index (χ3v) is 11.2. The number of pyridine rings is 2. The van der Waals surface area contributed by atoms with Crippen LogP contribution in [-0.4, -0.2) is 78.5 Å². The summed E-state index contributed by atoms with van der Waals surface area (Å²) in [5, 5.41) is 13.0. The van der Waals surface area contributed by atoms with Crippen molar-refractivity contribution in [3.8, 4) is 5.75 Å². The molecular formula is C42H44N8O6S. The van der Waals surface area contributed by atoms with Crippen molar-refractivity contribution in [1.29, 1.82) is 0 Å². The van der Waals surface area contributed by atoms with Crippen molar-refractivity contribution in [1.82, 2.24) is 24.0 Å². The number of sulfonamides is 1. The molecule has 15 heteroatoms. The summed E-state index contributed by atoms with van der Waals surface area (Å²) in [6, 6.07) is 29.9. The first-order valence-electron chi connectivity index (χ1n) is 18.6. The van der Waals surface area contributed by atoms with Gasteiger partial charge in [0.05, 0.1) is 23.4 Å². The maximum atomic E-state index is 13.5. The van der Waals surface area contributed by atoms with E-state index in [9.17, 15) is 23.2 Å². The van der Waals surface area contributed by atoms with E-state index in [1.165, 1.54) is 18.2 Å². The topological polar surface area (TPSA) is 170 Å². The van der Waals surface area contributed by atoms with E-state index in [-0.39, 0.29) is 28.1 Å². The summed E-state index contributed by atoms with van der Waals surface area (Å²) >= 11 is 0. The maximum absolute atomic E-state index is 13.5. The predicted molar refractivity (Wildman–Crippen MR) is 217 cm³/mol. The van der Waals surface area contributed by atoms with Crippen molar-refractivity contribution >= 4 is 44.8 Å².